The van der Waals surface area contributed by atoms with E-state index in [9.17, 15) is 28.3 Å². The molecule has 0 bridgehead atoms. The molecule has 3 atom stereocenters. The van der Waals surface area contributed by atoms with Gasteiger partial charge in [0.25, 0.3) is 17.7 Å². The number of carbonyl (C=O) groups excluding carboxylic acids is 3. The molecule has 1 aliphatic heterocycles. The van der Waals surface area contributed by atoms with Crippen LogP contribution in [-0.4, -0.2) is 64.9 Å². The molecular weight excluding hydrogens is 470 g/mol. The molecule has 190 valence electrons. The fourth-order valence-electron chi connectivity index (χ4n) is 4.11. The Morgan fingerprint density at radius 1 is 1.17 bits per heavy atom. The van der Waals surface area contributed by atoms with Gasteiger partial charge < -0.3 is 26.4 Å². The fraction of sp³-hybridized carbons (Fsp3) is 0.346. The summed E-state index contributed by atoms with van der Waals surface area (Å²) in [4.78, 5) is 39.4. The molecule has 0 radical (unpaired) electrons. The molecule has 1 saturated heterocycles. The second kappa shape index (κ2) is 11.6. The topological polar surface area (TPSA) is 125 Å². The minimum Gasteiger partial charge on any atom is -0.381 e. The van der Waals surface area contributed by atoms with Crippen LogP contribution < -0.4 is 16.4 Å². The molecule has 0 aliphatic carbocycles. The van der Waals surface area contributed by atoms with Crippen molar-refractivity contribution in [1.82, 2.24) is 15.5 Å². The van der Waals surface area contributed by atoms with Crippen LogP contribution in [-0.2, 0) is 16.0 Å². The van der Waals surface area contributed by atoms with E-state index in [1.807, 2.05) is 0 Å². The zero-order chi connectivity index (χ0) is 26.3. The SMILES string of the molecule is Cc1ccccc1C(=O)NC(Cc1ccccc1)C(O)C(=O)N1CC(F)(F)CC1C(=O)NCC#CN. The Kier molecular flexibility index (Phi) is 8.61. The molecule has 5 N–H and O–H groups in total. The second-order valence-corrected chi connectivity index (χ2v) is 8.61. The van der Waals surface area contributed by atoms with Gasteiger partial charge in [0.05, 0.1) is 19.1 Å². The quantitative estimate of drug-likeness (QED) is 0.319. The molecule has 0 spiro atoms. The number of aryl methyl sites for hydroxylation is 1. The molecule has 2 aromatic carbocycles. The third-order valence-electron chi connectivity index (χ3n) is 5.95. The summed E-state index contributed by atoms with van der Waals surface area (Å²) in [5.74, 6) is -3.38. The number of nitrogens with zero attached hydrogens (tertiary/aromatic N) is 1. The Labute approximate surface area is 207 Å². The Morgan fingerprint density at radius 3 is 2.50 bits per heavy atom. The van der Waals surface area contributed by atoms with E-state index in [4.69, 9.17) is 5.73 Å². The Balaban J connectivity index is 1.85. The number of nitrogens with two attached hydrogens (primary N) is 1. The van der Waals surface area contributed by atoms with Crippen LogP contribution in [0.25, 0.3) is 0 Å². The largest absolute Gasteiger partial charge is 0.381 e. The Morgan fingerprint density at radius 2 is 1.83 bits per heavy atom. The van der Waals surface area contributed by atoms with Gasteiger partial charge in [-0.1, -0.05) is 54.5 Å². The molecule has 1 aliphatic rings. The number of hydrogen-bond donors (Lipinski definition) is 4. The van der Waals surface area contributed by atoms with Gasteiger partial charge in [0.15, 0.2) is 6.10 Å². The van der Waals surface area contributed by atoms with Crippen molar-refractivity contribution in [3.05, 3.63) is 71.3 Å². The Bertz CT molecular complexity index is 1160. The van der Waals surface area contributed by atoms with Crippen molar-refractivity contribution in [2.45, 2.75) is 43.9 Å². The highest BCUT2D eigenvalue weighted by Crippen LogP contribution is 2.33. The number of carbonyl (C=O) groups is 3. The number of halogens is 2. The van der Waals surface area contributed by atoms with Gasteiger partial charge in [-0.2, -0.15) is 0 Å². The van der Waals surface area contributed by atoms with Crippen LogP contribution in [0, 0.1) is 18.9 Å². The molecule has 8 nitrogen and oxygen atoms in total. The van der Waals surface area contributed by atoms with E-state index in [1.165, 1.54) is 0 Å². The second-order valence-electron chi connectivity index (χ2n) is 8.61. The van der Waals surface area contributed by atoms with E-state index < -0.39 is 54.8 Å². The first-order valence-corrected chi connectivity index (χ1v) is 11.4. The zero-order valence-electron chi connectivity index (χ0n) is 19.7. The number of benzene rings is 2. The number of aliphatic hydroxyl groups excluding tert-OH is 1. The average Bonchev–Trinajstić information content (AvgIpc) is 3.19. The van der Waals surface area contributed by atoms with Gasteiger partial charge in [-0.05, 0) is 30.5 Å². The lowest BCUT2D eigenvalue weighted by Gasteiger charge is -2.30. The van der Waals surface area contributed by atoms with E-state index in [2.05, 4.69) is 22.6 Å². The van der Waals surface area contributed by atoms with Gasteiger partial charge >= 0.3 is 0 Å². The van der Waals surface area contributed by atoms with Crippen LogP contribution in [0.2, 0.25) is 0 Å². The monoisotopic (exact) mass is 498 g/mol. The number of amides is 3. The van der Waals surface area contributed by atoms with Gasteiger partial charge in [-0.15, -0.1) is 0 Å². The van der Waals surface area contributed by atoms with Crippen molar-refractivity contribution >= 4 is 17.7 Å². The zero-order valence-corrected chi connectivity index (χ0v) is 19.7. The van der Waals surface area contributed by atoms with Gasteiger partial charge in [-0.3, -0.25) is 14.4 Å². The summed E-state index contributed by atoms with van der Waals surface area (Å²) in [6.45, 7) is 0.533. The van der Waals surface area contributed by atoms with Crippen molar-refractivity contribution in [3.8, 4) is 12.0 Å². The summed E-state index contributed by atoms with van der Waals surface area (Å²) in [7, 11) is 0. The minimum atomic E-state index is -3.32. The van der Waals surface area contributed by atoms with Crippen LogP contribution in [0.15, 0.2) is 54.6 Å². The number of likely N-dealkylation sites (tertiary alicyclic amines) is 1. The van der Waals surface area contributed by atoms with Crippen molar-refractivity contribution < 1.29 is 28.3 Å². The molecular formula is C26H28F2N4O4. The first-order valence-electron chi connectivity index (χ1n) is 11.4. The van der Waals surface area contributed by atoms with Crippen LogP contribution in [0.1, 0.15) is 27.9 Å². The van der Waals surface area contributed by atoms with E-state index in [-0.39, 0.29) is 13.0 Å². The maximum Gasteiger partial charge on any atom is 0.267 e. The summed E-state index contributed by atoms with van der Waals surface area (Å²) in [6.07, 6.45) is -2.73. The fourth-order valence-corrected chi connectivity index (χ4v) is 4.11. The third kappa shape index (κ3) is 6.58. The maximum absolute atomic E-state index is 14.3. The highest BCUT2D eigenvalue weighted by molar-refractivity contribution is 5.96. The maximum atomic E-state index is 14.3. The average molecular weight is 499 g/mol. The van der Waals surface area contributed by atoms with Crippen LogP contribution in [0.4, 0.5) is 8.78 Å². The van der Waals surface area contributed by atoms with Crippen LogP contribution in [0.5, 0.6) is 0 Å². The molecule has 3 rings (SSSR count). The smallest absolute Gasteiger partial charge is 0.267 e. The highest BCUT2D eigenvalue weighted by Gasteiger charge is 2.51. The molecule has 1 fully saturated rings. The Hall–Kier alpha value is -3.97. The highest BCUT2D eigenvalue weighted by atomic mass is 19.3. The normalized spacial score (nSPS) is 17.9. The standard InChI is InChI=1S/C26H28F2N4O4/c1-17-8-5-6-11-19(17)23(34)31-20(14-18-9-3-2-4-10-18)22(33)25(36)32-16-26(27,28)15-21(32)24(35)30-13-7-12-29/h2-6,8-11,20-22,33H,13-16,29H2,1H3,(H,30,35)(H,31,34). The van der Waals surface area contributed by atoms with Crippen LogP contribution >= 0.6 is 0 Å². The van der Waals surface area contributed by atoms with Gasteiger partial charge in [-0.25, -0.2) is 8.78 Å². The molecule has 36 heavy (non-hydrogen) atoms. The van der Waals surface area contributed by atoms with E-state index in [0.29, 0.717) is 21.6 Å². The van der Waals surface area contributed by atoms with Gasteiger partial charge in [0.1, 0.15) is 6.04 Å². The predicted molar refractivity (Wildman–Crippen MR) is 129 cm³/mol. The predicted octanol–water partition coefficient (Wildman–Crippen LogP) is 0.969. The van der Waals surface area contributed by atoms with Gasteiger partial charge in [0.2, 0.25) is 5.91 Å². The van der Waals surface area contributed by atoms with Crippen molar-refractivity contribution in [3.63, 3.8) is 0 Å². The number of rotatable bonds is 8. The molecule has 10 heteroatoms. The number of alkyl halides is 2. The molecule has 0 aromatic heterocycles. The summed E-state index contributed by atoms with van der Waals surface area (Å²) in [5, 5.41) is 16.0. The first kappa shape index (κ1) is 26.6. The lowest BCUT2D eigenvalue weighted by atomic mass is 9.99. The molecule has 1 heterocycles. The van der Waals surface area contributed by atoms with Crippen molar-refractivity contribution in [2.24, 2.45) is 5.73 Å². The van der Waals surface area contributed by atoms with E-state index in [1.54, 1.807) is 61.5 Å². The molecule has 0 saturated carbocycles. The lowest BCUT2D eigenvalue weighted by molar-refractivity contribution is -0.147. The van der Waals surface area contributed by atoms with Gasteiger partial charge in [0, 0.05) is 18.0 Å². The van der Waals surface area contributed by atoms with Crippen LogP contribution in [0.3, 0.4) is 0 Å². The van der Waals surface area contributed by atoms with E-state index >= 15 is 0 Å². The summed E-state index contributed by atoms with van der Waals surface area (Å²) >= 11 is 0. The van der Waals surface area contributed by atoms with Crippen molar-refractivity contribution in [2.75, 3.05) is 13.1 Å². The van der Waals surface area contributed by atoms with Crippen molar-refractivity contribution in [1.29, 1.82) is 0 Å². The molecule has 3 unspecified atom stereocenters. The summed E-state index contributed by atoms with van der Waals surface area (Å²) in [5.41, 5.74) is 6.79. The summed E-state index contributed by atoms with van der Waals surface area (Å²) in [6, 6.07) is 15.0. The molecule has 3 amide bonds. The molecule has 2 aromatic rings. The number of hydrogen-bond acceptors (Lipinski definition) is 5. The first-order chi connectivity index (χ1) is 17.1. The third-order valence-corrected chi connectivity index (χ3v) is 5.95. The summed E-state index contributed by atoms with van der Waals surface area (Å²) < 4.78 is 28.5. The number of nitrogens with one attached hydrogen (secondary N) is 2. The number of aliphatic hydroxyl groups is 1. The lowest BCUT2D eigenvalue weighted by Crippen LogP contribution is -2.56. The van der Waals surface area contributed by atoms with E-state index in [0.717, 1.165) is 0 Å². The minimum absolute atomic E-state index is 0.0541.